The van der Waals surface area contributed by atoms with E-state index < -0.39 is 45.7 Å². The van der Waals surface area contributed by atoms with Crippen LogP contribution in [0.25, 0.3) is 0 Å². The molecule has 3 fully saturated rings. The van der Waals surface area contributed by atoms with Crippen molar-refractivity contribution in [2.24, 2.45) is 0 Å². The number of piperidine rings is 2. The molecule has 3 aliphatic rings. The Kier molecular flexibility index (Phi) is 14.2. The quantitative estimate of drug-likeness (QED) is 0.152. The lowest BCUT2D eigenvalue weighted by Gasteiger charge is -2.43. The van der Waals surface area contributed by atoms with E-state index in [-0.39, 0.29) is 12.6 Å². The highest BCUT2D eigenvalue weighted by Gasteiger charge is 2.50. The topological polar surface area (TPSA) is 160 Å². The minimum absolute atomic E-state index is 0.0262. The fraction of sp³-hybridized carbons (Fsp3) is 0.882. The molecule has 3 amide bonds. The summed E-state index contributed by atoms with van der Waals surface area (Å²) in [7, 11) is -4.62. The van der Waals surface area contributed by atoms with Crippen molar-refractivity contribution in [2.75, 3.05) is 31.1 Å². The van der Waals surface area contributed by atoms with E-state index in [1.807, 2.05) is 25.7 Å². The standard InChI is InChI=1S/C34H61N7O8S/c1-8-12-20-34(19-11-4,21-13-9-2)40(22-14-10-3)48-50(44,45)49-41-27-15-16-28(39(25-27)32(41)43)29-36-37-30(46-29)38-23-17-26(18-24-38)35-31(42)47-33(5,6)7/h26-28H,8-25H2,1-7H3,(H,35,42)/t27-,28-/m0/s1. The maximum Gasteiger partial charge on any atom is 0.437 e. The van der Waals surface area contributed by atoms with Gasteiger partial charge in [0.2, 0.25) is 5.89 Å². The van der Waals surface area contributed by atoms with E-state index in [2.05, 4.69) is 43.2 Å². The summed E-state index contributed by atoms with van der Waals surface area (Å²) < 4.78 is 50.0. The van der Waals surface area contributed by atoms with E-state index >= 15 is 0 Å². The first-order valence-corrected chi connectivity index (χ1v) is 20.2. The molecule has 1 N–H and O–H groups in total. The van der Waals surface area contributed by atoms with Crippen molar-refractivity contribution in [1.82, 2.24) is 30.5 Å². The number of carbonyl (C=O) groups excluding carboxylic acids is 2. The Morgan fingerprint density at radius 3 is 2.20 bits per heavy atom. The molecule has 16 heteroatoms. The molecule has 0 aliphatic carbocycles. The van der Waals surface area contributed by atoms with Crippen LogP contribution in [0.3, 0.4) is 0 Å². The van der Waals surface area contributed by atoms with Crippen molar-refractivity contribution in [3.8, 4) is 0 Å². The number of nitrogens with zero attached hydrogens (tertiary/aromatic N) is 6. The summed E-state index contributed by atoms with van der Waals surface area (Å²) in [4.78, 5) is 29.3. The summed E-state index contributed by atoms with van der Waals surface area (Å²) in [5, 5.41) is 14.1. The monoisotopic (exact) mass is 727 g/mol. The van der Waals surface area contributed by atoms with E-state index in [9.17, 15) is 18.0 Å². The van der Waals surface area contributed by atoms with Crippen molar-refractivity contribution in [1.29, 1.82) is 0 Å². The van der Waals surface area contributed by atoms with E-state index in [0.29, 0.717) is 57.2 Å². The molecule has 2 atom stereocenters. The van der Waals surface area contributed by atoms with E-state index in [4.69, 9.17) is 17.7 Å². The van der Waals surface area contributed by atoms with Gasteiger partial charge in [-0.1, -0.05) is 71.3 Å². The molecule has 286 valence electrons. The maximum absolute atomic E-state index is 13.7. The number of hydrogen-bond donors (Lipinski definition) is 1. The summed E-state index contributed by atoms with van der Waals surface area (Å²) in [6.07, 6.45) is 10.8. The van der Waals surface area contributed by atoms with Gasteiger partial charge in [0.05, 0.1) is 6.04 Å². The summed E-state index contributed by atoms with van der Waals surface area (Å²) in [5.41, 5.74) is -1.00. The lowest BCUT2D eigenvalue weighted by molar-refractivity contribution is -0.172. The molecule has 3 aliphatic heterocycles. The van der Waals surface area contributed by atoms with Gasteiger partial charge in [-0.15, -0.1) is 9.38 Å². The molecule has 2 bridgehead atoms. The van der Waals surface area contributed by atoms with Crippen LogP contribution in [0.1, 0.15) is 150 Å². The van der Waals surface area contributed by atoms with Crippen LogP contribution in [0.5, 0.6) is 0 Å². The molecule has 4 rings (SSSR count). The largest absolute Gasteiger partial charge is 0.444 e. The van der Waals surface area contributed by atoms with E-state index in [0.717, 1.165) is 69.3 Å². The van der Waals surface area contributed by atoms with Crippen LogP contribution in [-0.2, 0) is 23.7 Å². The maximum atomic E-state index is 13.7. The Labute approximate surface area is 298 Å². The number of amides is 3. The number of nitrogens with one attached hydrogen (secondary N) is 1. The minimum atomic E-state index is -4.62. The Hall–Kier alpha value is -2.69. The Bertz CT molecular complexity index is 1340. The number of urea groups is 1. The van der Waals surface area contributed by atoms with Gasteiger partial charge < -0.3 is 24.3 Å². The fourth-order valence-electron chi connectivity index (χ4n) is 7.27. The van der Waals surface area contributed by atoms with Crippen molar-refractivity contribution in [2.45, 2.75) is 168 Å². The predicted octanol–water partition coefficient (Wildman–Crippen LogP) is 6.63. The Balaban J connectivity index is 1.40. The lowest BCUT2D eigenvalue weighted by Crippen LogP contribution is -2.51. The third kappa shape index (κ3) is 10.4. The van der Waals surface area contributed by atoms with Crippen LogP contribution in [0, 0.1) is 0 Å². The van der Waals surface area contributed by atoms with Crippen molar-refractivity contribution < 1.29 is 35.7 Å². The molecule has 4 heterocycles. The number of fused-ring (bicyclic) bond motifs is 2. The molecule has 15 nitrogen and oxygen atoms in total. The number of hydroxylamine groups is 4. The van der Waals surface area contributed by atoms with Gasteiger partial charge in [-0.3, -0.25) is 0 Å². The van der Waals surface area contributed by atoms with Crippen LogP contribution in [0.2, 0.25) is 0 Å². The van der Waals surface area contributed by atoms with Crippen LogP contribution in [-0.4, -0.2) is 95.2 Å². The first kappa shape index (κ1) is 40.1. The zero-order chi connectivity index (χ0) is 36.5. The average Bonchev–Trinajstić information content (AvgIpc) is 3.64. The summed E-state index contributed by atoms with van der Waals surface area (Å²) in [6, 6.07) is -1.22. The van der Waals surface area contributed by atoms with Crippen LogP contribution in [0.15, 0.2) is 4.42 Å². The fourth-order valence-corrected chi connectivity index (χ4v) is 8.13. The zero-order valence-electron chi connectivity index (χ0n) is 31.3. The molecule has 0 spiro atoms. The second-order valence-electron chi connectivity index (χ2n) is 15.0. The molecule has 1 aromatic heterocycles. The average molecular weight is 728 g/mol. The molecule has 50 heavy (non-hydrogen) atoms. The number of anilines is 1. The third-order valence-corrected chi connectivity index (χ3v) is 10.5. The molecule has 0 aromatic carbocycles. The number of rotatable bonds is 19. The van der Waals surface area contributed by atoms with Crippen LogP contribution < -0.4 is 10.2 Å². The van der Waals surface area contributed by atoms with E-state index in [1.54, 1.807) is 5.06 Å². The number of hydrogen-bond acceptors (Lipinski definition) is 12. The summed E-state index contributed by atoms with van der Waals surface area (Å²) in [6.45, 7) is 15.9. The highest BCUT2D eigenvalue weighted by molar-refractivity contribution is 7.81. The normalized spacial score (nSPS) is 20.6. The van der Waals surface area contributed by atoms with E-state index in [1.165, 1.54) is 4.90 Å². The minimum Gasteiger partial charge on any atom is -0.444 e. The van der Waals surface area contributed by atoms with Crippen molar-refractivity contribution in [3.63, 3.8) is 0 Å². The lowest BCUT2D eigenvalue weighted by atomic mass is 9.82. The van der Waals surface area contributed by atoms with Gasteiger partial charge >= 0.3 is 28.5 Å². The molecule has 0 saturated carbocycles. The molecule has 0 unspecified atom stereocenters. The molecule has 3 saturated heterocycles. The molecular formula is C34H61N7O8S. The summed E-state index contributed by atoms with van der Waals surface area (Å²) in [5.74, 6) is 0.295. The molecule has 1 aromatic rings. The smallest absolute Gasteiger partial charge is 0.437 e. The number of alkyl carbamates (subject to hydrolysis) is 1. The number of aromatic nitrogens is 2. The van der Waals surface area contributed by atoms with Crippen LogP contribution in [0.4, 0.5) is 15.6 Å². The van der Waals surface area contributed by atoms with Gasteiger partial charge in [-0.2, -0.15) is 22.8 Å². The van der Waals surface area contributed by atoms with Gasteiger partial charge in [-0.05, 0) is 72.1 Å². The van der Waals surface area contributed by atoms with Crippen molar-refractivity contribution in [3.05, 3.63) is 5.89 Å². The SMILES string of the molecule is CCCCN(OS(=O)(=O)ON1C(=O)N2C[C@@H]1CC[C@H]2c1nnc(N2CCC(NC(=O)OC(C)(C)C)CC2)o1)C(CCC)(CCCC)CCCC. The molecule has 0 radical (unpaired) electrons. The number of ether oxygens (including phenoxy) is 1. The van der Waals surface area contributed by atoms with Crippen molar-refractivity contribution >= 4 is 28.5 Å². The highest BCUT2D eigenvalue weighted by Crippen LogP contribution is 2.40. The predicted molar refractivity (Wildman–Crippen MR) is 188 cm³/mol. The van der Waals surface area contributed by atoms with Gasteiger partial charge in [0.15, 0.2) is 0 Å². The van der Waals surface area contributed by atoms with Gasteiger partial charge in [0, 0.05) is 37.8 Å². The van der Waals surface area contributed by atoms with Crippen LogP contribution >= 0.6 is 0 Å². The second kappa shape index (κ2) is 17.7. The first-order valence-electron chi connectivity index (χ1n) is 18.8. The Morgan fingerprint density at radius 1 is 0.940 bits per heavy atom. The zero-order valence-corrected chi connectivity index (χ0v) is 32.1. The molecular weight excluding hydrogens is 666 g/mol. The van der Waals surface area contributed by atoms with Gasteiger partial charge in [0.25, 0.3) is 0 Å². The summed E-state index contributed by atoms with van der Waals surface area (Å²) >= 11 is 0. The second-order valence-corrected chi connectivity index (χ2v) is 16.1. The van der Waals surface area contributed by atoms with Gasteiger partial charge in [-0.25, -0.2) is 9.59 Å². The number of unbranched alkanes of at least 4 members (excludes halogenated alkanes) is 3. The van der Waals surface area contributed by atoms with Gasteiger partial charge in [0.1, 0.15) is 11.6 Å². The Morgan fingerprint density at radius 2 is 1.60 bits per heavy atom. The highest BCUT2D eigenvalue weighted by atomic mass is 32.3. The first-order chi connectivity index (χ1) is 23.7. The third-order valence-electron chi connectivity index (χ3n) is 9.83. The number of carbonyl (C=O) groups is 2.